The van der Waals surface area contributed by atoms with Crippen molar-refractivity contribution in [2.75, 3.05) is 0 Å². The summed E-state index contributed by atoms with van der Waals surface area (Å²) in [5, 5.41) is 19.7. The molecule has 2 nitrogen and oxygen atoms in total. The van der Waals surface area contributed by atoms with E-state index in [9.17, 15) is 10.2 Å². The highest BCUT2D eigenvalue weighted by Gasteiger charge is 2.22. The molecule has 3 heteroatoms. The van der Waals surface area contributed by atoms with Crippen LogP contribution in [0.2, 0.25) is 0 Å². The molecule has 84 valence electrons. The molecule has 0 fully saturated rings. The molecule has 0 aromatic heterocycles. The number of aromatic hydroxyl groups is 1. The van der Waals surface area contributed by atoms with Crippen molar-refractivity contribution in [3.05, 3.63) is 27.7 Å². The van der Waals surface area contributed by atoms with Gasteiger partial charge in [-0.05, 0) is 37.5 Å². The molecule has 0 aliphatic rings. The van der Waals surface area contributed by atoms with Crippen molar-refractivity contribution >= 4 is 15.9 Å². The van der Waals surface area contributed by atoms with E-state index in [1.165, 1.54) is 0 Å². The minimum absolute atomic E-state index is 0.148. The zero-order valence-corrected chi connectivity index (χ0v) is 11.1. The largest absolute Gasteiger partial charge is 0.508 e. The molecule has 0 heterocycles. The fraction of sp³-hybridized carbons (Fsp3) is 0.500. The molecular formula is C12H17BrO2. The molecule has 0 unspecified atom stereocenters. The molecule has 0 spiro atoms. The van der Waals surface area contributed by atoms with E-state index >= 15 is 0 Å². The van der Waals surface area contributed by atoms with Gasteiger partial charge in [0.25, 0.3) is 0 Å². The van der Waals surface area contributed by atoms with Gasteiger partial charge >= 0.3 is 0 Å². The van der Waals surface area contributed by atoms with Crippen molar-refractivity contribution < 1.29 is 10.2 Å². The first-order chi connectivity index (χ1) is 6.73. The maximum absolute atomic E-state index is 9.84. The lowest BCUT2D eigenvalue weighted by molar-refractivity contribution is 0.0757. The summed E-state index contributed by atoms with van der Waals surface area (Å²) in [6.45, 7) is 7.43. The molecule has 1 aromatic carbocycles. The summed E-state index contributed by atoms with van der Waals surface area (Å²) in [4.78, 5) is 0. The molecule has 0 bridgehead atoms. The summed E-state index contributed by atoms with van der Waals surface area (Å²) < 4.78 is 0.924. The van der Waals surface area contributed by atoms with Crippen LogP contribution in [0.3, 0.4) is 0 Å². The van der Waals surface area contributed by atoms with Crippen LogP contribution >= 0.6 is 15.9 Å². The second kappa shape index (κ2) is 4.14. The Hall–Kier alpha value is -0.540. The van der Waals surface area contributed by atoms with Gasteiger partial charge in [-0.1, -0.05) is 29.8 Å². The highest BCUT2D eigenvalue weighted by molar-refractivity contribution is 9.10. The van der Waals surface area contributed by atoms with Gasteiger partial charge in [-0.2, -0.15) is 0 Å². The quantitative estimate of drug-likeness (QED) is 0.865. The molecule has 2 N–H and O–H groups in total. The second-order valence-electron chi connectivity index (χ2n) is 4.60. The molecule has 0 radical (unpaired) electrons. The summed E-state index contributed by atoms with van der Waals surface area (Å²) in [5.41, 5.74) is 0.557. The number of aliphatic hydroxyl groups is 1. The molecule has 0 saturated heterocycles. The number of rotatable bonds is 2. The van der Waals surface area contributed by atoms with E-state index < -0.39 is 5.60 Å². The Morgan fingerprint density at radius 1 is 1.27 bits per heavy atom. The Morgan fingerprint density at radius 3 is 2.20 bits per heavy atom. The molecule has 1 rings (SSSR count). The van der Waals surface area contributed by atoms with Gasteiger partial charge in [-0.15, -0.1) is 0 Å². The smallest absolute Gasteiger partial charge is 0.122 e. The molecule has 1 aromatic rings. The Balaban J connectivity index is 3.32. The van der Waals surface area contributed by atoms with Crippen LogP contribution in [0.15, 0.2) is 16.6 Å². The minimum atomic E-state index is -1.03. The first-order valence-electron chi connectivity index (χ1n) is 4.98. The van der Waals surface area contributed by atoms with Crippen molar-refractivity contribution in [3.63, 3.8) is 0 Å². The number of phenolic OH excluding ortho intramolecular Hbond substituents is 1. The standard InChI is InChI=1S/C12H17BrO2/c1-7(2)8-5-11(14)9(6-10(8)13)12(3,4)15/h5-7,14-15H,1-4H3. The van der Waals surface area contributed by atoms with Crippen LogP contribution in [-0.4, -0.2) is 10.2 Å². The topological polar surface area (TPSA) is 40.5 Å². The molecule has 0 aliphatic carbocycles. The summed E-state index contributed by atoms with van der Waals surface area (Å²) >= 11 is 3.45. The third-order valence-electron chi connectivity index (χ3n) is 2.40. The van der Waals surface area contributed by atoms with Crippen molar-refractivity contribution in [2.45, 2.75) is 39.2 Å². The molecule has 0 aliphatic heterocycles. The Morgan fingerprint density at radius 2 is 1.80 bits per heavy atom. The number of hydrogen-bond donors (Lipinski definition) is 2. The number of hydrogen-bond acceptors (Lipinski definition) is 2. The fourth-order valence-electron chi connectivity index (χ4n) is 1.51. The normalized spacial score (nSPS) is 12.2. The predicted molar refractivity (Wildman–Crippen MR) is 65.1 cm³/mol. The number of phenols is 1. The summed E-state index contributed by atoms with van der Waals surface area (Å²) in [6, 6.07) is 3.49. The van der Waals surface area contributed by atoms with Gasteiger partial charge in [0.1, 0.15) is 5.75 Å². The highest BCUT2D eigenvalue weighted by atomic mass is 79.9. The Labute approximate surface area is 99.1 Å². The van der Waals surface area contributed by atoms with Crippen molar-refractivity contribution in [2.24, 2.45) is 0 Å². The second-order valence-corrected chi connectivity index (χ2v) is 5.46. The first kappa shape index (κ1) is 12.5. The molecule has 0 atom stereocenters. The van der Waals surface area contributed by atoms with Crippen LogP contribution in [0.25, 0.3) is 0 Å². The highest BCUT2D eigenvalue weighted by Crippen LogP contribution is 2.36. The fourth-order valence-corrected chi connectivity index (χ4v) is 2.31. The van der Waals surface area contributed by atoms with Crippen LogP contribution in [0.5, 0.6) is 5.75 Å². The van der Waals surface area contributed by atoms with Gasteiger partial charge in [0, 0.05) is 10.0 Å². The molecule has 0 amide bonds. The third kappa shape index (κ3) is 2.73. The van der Waals surface area contributed by atoms with Crippen molar-refractivity contribution in [1.29, 1.82) is 0 Å². The summed E-state index contributed by atoms with van der Waals surface area (Å²) in [7, 11) is 0. The average molecular weight is 273 g/mol. The molecule has 15 heavy (non-hydrogen) atoms. The Bertz CT molecular complexity index is 365. The van der Waals surface area contributed by atoms with Crippen LogP contribution in [0.1, 0.15) is 44.7 Å². The first-order valence-corrected chi connectivity index (χ1v) is 5.78. The minimum Gasteiger partial charge on any atom is -0.508 e. The Kier molecular flexibility index (Phi) is 3.46. The summed E-state index contributed by atoms with van der Waals surface area (Å²) in [6.07, 6.45) is 0. The van der Waals surface area contributed by atoms with Crippen molar-refractivity contribution in [1.82, 2.24) is 0 Å². The van der Waals surface area contributed by atoms with E-state index in [0.717, 1.165) is 10.0 Å². The summed E-state index contributed by atoms with van der Waals surface area (Å²) in [5.74, 6) is 0.482. The van der Waals surface area contributed by atoms with E-state index in [2.05, 4.69) is 29.8 Å². The lowest BCUT2D eigenvalue weighted by atomic mass is 9.93. The van der Waals surface area contributed by atoms with Gasteiger partial charge in [0.05, 0.1) is 5.60 Å². The van der Waals surface area contributed by atoms with E-state index in [1.54, 1.807) is 26.0 Å². The van der Waals surface area contributed by atoms with Gasteiger partial charge in [-0.3, -0.25) is 0 Å². The lowest BCUT2D eigenvalue weighted by Crippen LogP contribution is -2.16. The monoisotopic (exact) mass is 272 g/mol. The van der Waals surface area contributed by atoms with Gasteiger partial charge in [-0.25, -0.2) is 0 Å². The predicted octanol–water partition coefficient (Wildman–Crippen LogP) is 3.51. The molecular weight excluding hydrogens is 256 g/mol. The maximum Gasteiger partial charge on any atom is 0.122 e. The number of benzene rings is 1. The molecule has 0 saturated carbocycles. The van der Waals surface area contributed by atoms with Gasteiger partial charge in [0.2, 0.25) is 0 Å². The van der Waals surface area contributed by atoms with Gasteiger partial charge < -0.3 is 10.2 Å². The van der Waals surface area contributed by atoms with Crippen LogP contribution in [0.4, 0.5) is 0 Å². The van der Waals surface area contributed by atoms with Crippen LogP contribution < -0.4 is 0 Å². The van der Waals surface area contributed by atoms with E-state index in [1.807, 2.05) is 0 Å². The maximum atomic E-state index is 9.84. The zero-order valence-electron chi connectivity index (χ0n) is 9.50. The SMILES string of the molecule is CC(C)c1cc(O)c(C(C)(C)O)cc1Br. The van der Waals surface area contributed by atoms with Crippen LogP contribution in [-0.2, 0) is 5.60 Å². The van der Waals surface area contributed by atoms with E-state index in [-0.39, 0.29) is 5.75 Å². The van der Waals surface area contributed by atoms with E-state index in [0.29, 0.717) is 11.5 Å². The van der Waals surface area contributed by atoms with Crippen molar-refractivity contribution in [3.8, 4) is 5.75 Å². The van der Waals surface area contributed by atoms with Gasteiger partial charge in [0.15, 0.2) is 0 Å². The van der Waals surface area contributed by atoms with E-state index in [4.69, 9.17) is 0 Å². The lowest BCUT2D eigenvalue weighted by Gasteiger charge is -2.21. The average Bonchev–Trinajstić information content (AvgIpc) is 2.06. The third-order valence-corrected chi connectivity index (χ3v) is 3.08. The van der Waals surface area contributed by atoms with Crippen LogP contribution in [0, 0.1) is 0 Å². The number of halogens is 1. The zero-order chi connectivity index (χ0) is 11.8.